The van der Waals surface area contributed by atoms with Gasteiger partial charge in [0.1, 0.15) is 0 Å². The van der Waals surface area contributed by atoms with Gasteiger partial charge in [0, 0.05) is 12.6 Å². The van der Waals surface area contributed by atoms with E-state index in [4.69, 9.17) is 16.2 Å². The van der Waals surface area contributed by atoms with Crippen LogP contribution in [0.4, 0.5) is 4.39 Å². The minimum atomic E-state index is -0.413. The number of hydrogen-bond acceptors (Lipinski definition) is 3. The Morgan fingerprint density at radius 1 is 1.54 bits per heavy atom. The van der Waals surface area contributed by atoms with Crippen LogP contribution in [0.15, 0.2) is 18.2 Å². The molecule has 0 saturated heterocycles. The van der Waals surface area contributed by atoms with Crippen molar-refractivity contribution in [2.45, 2.75) is 6.04 Å². The van der Waals surface area contributed by atoms with E-state index in [1.807, 2.05) is 0 Å². The second-order valence-electron chi connectivity index (χ2n) is 2.74. The summed E-state index contributed by atoms with van der Waals surface area (Å²) in [5, 5.41) is 0. The summed E-state index contributed by atoms with van der Waals surface area (Å²) in [6.07, 6.45) is 0. The van der Waals surface area contributed by atoms with Gasteiger partial charge in [-0.05, 0) is 17.7 Å². The molecule has 1 atom stereocenters. The fourth-order valence-electron chi connectivity index (χ4n) is 1.05. The summed E-state index contributed by atoms with van der Waals surface area (Å²) < 4.78 is 17.9. The van der Waals surface area contributed by atoms with Gasteiger partial charge in [0.2, 0.25) is 0 Å². The number of halogens is 1. The Labute approximate surface area is 76.5 Å². The van der Waals surface area contributed by atoms with Crippen LogP contribution in [0.3, 0.4) is 0 Å². The number of rotatable bonds is 3. The standard InChI is InChI=1S/C9H13FN2O/c1-13-9-3-2-6(4-7(9)10)8(12)5-11/h2-4,8H,5,11-12H2,1H3/t8-/m1/s1. The van der Waals surface area contributed by atoms with E-state index in [-0.39, 0.29) is 11.8 Å². The van der Waals surface area contributed by atoms with Gasteiger partial charge in [0.25, 0.3) is 0 Å². The first-order valence-electron chi connectivity index (χ1n) is 3.98. The lowest BCUT2D eigenvalue weighted by atomic mass is 10.1. The molecular weight excluding hydrogens is 171 g/mol. The molecule has 0 amide bonds. The summed E-state index contributed by atoms with van der Waals surface area (Å²) in [7, 11) is 1.42. The number of hydrogen-bond donors (Lipinski definition) is 2. The van der Waals surface area contributed by atoms with Gasteiger partial charge in [-0.15, -0.1) is 0 Å². The maximum Gasteiger partial charge on any atom is 0.165 e. The minimum absolute atomic E-state index is 0.216. The molecule has 0 aliphatic heterocycles. The topological polar surface area (TPSA) is 61.3 Å². The van der Waals surface area contributed by atoms with Gasteiger partial charge < -0.3 is 16.2 Å². The van der Waals surface area contributed by atoms with Crippen LogP contribution in [0.1, 0.15) is 11.6 Å². The fraction of sp³-hybridized carbons (Fsp3) is 0.333. The molecule has 1 rings (SSSR count). The average molecular weight is 184 g/mol. The largest absolute Gasteiger partial charge is 0.494 e. The third-order valence-corrected chi connectivity index (χ3v) is 1.86. The maximum absolute atomic E-state index is 13.1. The Morgan fingerprint density at radius 2 is 2.23 bits per heavy atom. The molecule has 1 aromatic rings. The molecule has 0 spiro atoms. The molecular formula is C9H13FN2O. The SMILES string of the molecule is COc1ccc([C@H](N)CN)cc1F. The van der Waals surface area contributed by atoms with E-state index in [2.05, 4.69) is 0 Å². The Kier molecular flexibility index (Phi) is 3.22. The Balaban J connectivity index is 2.95. The van der Waals surface area contributed by atoms with E-state index in [0.29, 0.717) is 12.1 Å². The summed E-state index contributed by atoms with van der Waals surface area (Å²) in [5.41, 5.74) is 11.6. The maximum atomic E-state index is 13.1. The van der Waals surface area contributed by atoms with Gasteiger partial charge in [-0.1, -0.05) is 6.07 Å². The normalized spacial score (nSPS) is 12.6. The molecule has 0 fully saturated rings. The second-order valence-corrected chi connectivity index (χ2v) is 2.74. The molecule has 0 radical (unpaired) electrons. The molecule has 3 nitrogen and oxygen atoms in total. The van der Waals surface area contributed by atoms with Crippen LogP contribution in [0.5, 0.6) is 5.75 Å². The third-order valence-electron chi connectivity index (χ3n) is 1.86. The van der Waals surface area contributed by atoms with Crippen molar-refractivity contribution in [3.8, 4) is 5.75 Å². The second kappa shape index (κ2) is 4.20. The molecule has 4 heteroatoms. The molecule has 1 aromatic carbocycles. The summed E-state index contributed by atoms with van der Waals surface area (Å²) in [4.78, 5) is 0. The number of methoxy groups -OCH3 is 1. The average Bonchev–Trinajstić information content (AvgIpc) is 2.16. The molecule has 0 aromatic heterocycles. The van der Waals surface area contributed by atoms with E-state index in [1.165, 1.54) is 13.2 Å². The third kappa shape index (κ3) is 2.17. The van der Waals surface area contributed by atoms with E-state index in [0.717, 1.165) is 0 Å². The Bertz CT molecular complexity index is 291. The summed E-state index contributed by atoms with van der Waals surface area (Å²) in [6, 6.07) is 4.27. The fourth-order valence-corrected chi connectivity index (χ4v) is 1.05. The van der Waals surface area contributed by atoms with Gasteiger partial charge in [0.15, 0.2) is 11.6 Å². The van der Waals surface area contributed by atoms with Crippen LogP contribution >= 0.6 is 0 Å². The lowest BCUT2D eigenvalue weighted by Gasteiger charge is -2.10. The van der Waals surface area contributed by atoms with Crippen LogP contribution in [-0.2, 0) is 0 Å². The summed E-state index contributed by atoms with van der Waals surface area (Å²) in [6.45, 7) is 0.297. The molecule has 72 valence electrons. The lowest BCUT2D eigenvalue weighted by molar-refractivity contribution is 0.386. The molecule has 0 unspecified atom stereocenters. The van der Waals surface area contributed by atoms with Crippen molar-refractivity contribution in [3.63, 3.8) is 0 Å². The van der Waals surface area contributed by atoms with Crippen molar-refractivity contribution in [2.75, 3.05) is 13.7 Å². The number of ether oxygens (including phenoxy) is 1. The molecule has 0 bridgehead atoms. The molecule has 0 aliphatic rings. The molecule has 13 heavy (non-hydrogen) atoms. The van der Waals surface area contributed by atoms with Gasteiger partial charge in [-0.2, -0.15) is 0 Å². The van der Waals surface area contributed by atoms with Gasteiger partial charge >= 0.3 is 0 Å². The van der Waals surface area contributed by atoms with Gasteiger partial charge in [-0.3, -0.25) is 0 Å². The predicted octanol–water partition coefficient (Wildman–Crippen LogP) is 0.793. The van der Waals surface area contributed by atoms with Crippen molar-refractivity contribution in [1.29, 1.82) is 0 Å². The zero-order chi connectivity index (χ0) is 9.84. The van der Waals surface area contributed by atoms with Crippen LogP contribution in [0.25, 0.3) is 0 Å². The van der Waals surface area contributed by atoms with Crippen molar-refractivity contribution >= 4 is 0 Å². The van der Waals surface area contributed by atoms with Crippen molar-refractivity contribution in [2.24, 2.45) is 11.5 Å². The molecule has 0 heterocycles. The van der Waals surface area contributed by atoms with E-state index in [9.17, 15) is 4.39 Å². The molecule has 4 N–H and O–H groups in total. The van der Waals surface area contributed by atoms with Crippen LogP contribution < -0.4 is 16.2 Å². The van der Waals surface area contributed by atoms with Crippen LogP contribution in [0, 0.1) is 5.82 Å². The highest BCUT2D eigenvalue weighted by molar-refractivity contribution is 5.30. The zero-order valence-corrected chi connectivity index (χ0v) is 7.46. The zero-order valence-electron chi connectivity index (χ0n) is 7.46. The smallest absolute Gasteiger partial charge is 0.165 e. The Morgan fingerprint density at radius 3 is 2.69 bits per heavy atom. The first-order chi connectivity index (χ1) is 6.19. The van der Waals surface area contributed by atoms with Gasteiger partial charge in [-0.25, -0.2) is 4.39 Å². The number of benzene rings is 1. The lowest BCUT2D eigenvalue weighted by Crippen LogP contribution is -2.20. The van der Waals surface area contributed by atoms with E-state index >= 15 is 0 Å². The van der Waals surface area contributed by atoms with E-state index in [1.54, 1.807) is 12.1 Å². The van der Waals surface area contributed by atoms with E-state index < -0.39 is 5.82 Å². The predicted molar refractivity (Wildman–Crippen MR) is 48.9 cm³/mol. The monoisotopic (exact) mass is 184 g/mol. The minimum Gasteiger partial charge on any atom is -0.494 e. The van der Waals surface area contributed by atoms with Crippen molar-refractivity contribution in [1.82, 2.24) is 0 Å². The van der Waals surface area contributed by atoms with Crippen LogP contribution in [-0.4, -0.2) is 13.7 Å². The highest BCUT2D eigenvalue weighted by atomic mass is 19.1. The summed E-state index contributed by atoms with van der Waals surface area (Å²) in [5.74, 6) is -0.197. The first-order valence-corrected chi connectivity index (χ1v) is 3.98. The van der Waals surface area contributed by atoms with Crippen molar-refractivity contribution in [3.05, 3.63) is 29.6 Å². The quantitative estimate of drug-likeness (QED) is 0.730. The summed E-state index contributed by atoms with van der Waals surface area (Å²) >= 11 is 0. The highest BCUT2D eigenvalue weighted by Crippen LogP contribution is 2.20. The first kappa shape index (κ1) is 9.95. The Hall–Kier alpha value is -1.13. The molecule has 0 aliphatic carbocycles. The number of nitrogens with two attached hydrogens (primary N) is 2. The molecule has 0 saturated carbocycles. The highest BCUT2D eigenvalue weighted by Gasteiger charge is 2.07. The van der Waals surface area contributed by atoms with Crippen molar-refractivity contribution < 1.29 is 9.13 Å². The van der Waals surface area contributed by atoms with Crippen LogP contribution in [0.2, 0.25) is 0 Å². The van der Waals surface area contributed by atoms with Gasteiger partial charge in [0.05, 0.1) is 7.11 Å².